The molecule has 3 atom stereocenters. The normalized spacial score (nSPS) is 16.7. The van der Waals surface area contributed by atoms with Crippen LogP contribution in [0.2, 0.25) is 0 Å². The number of halogens is 4. The Morgan fingerprint density at radius 2 is 1.80 bits per heavy atom. The maximum absolute atomic E-state index is 13.4. The Labute approximate surface area is 228 Å². The minimum Gasteiger partial charge on any atom is -0.406 e. The van der Waals surface area contributed by atoms with Crippen molar-refractivity contribution >= 4 is 29.5 Å². The fourth-order valence-electron chi connectivity index (χ4n) is 4.23. The van der Waals surface area contributed by atoms with Crippen LogP contribution in [0.3, 0.4) is 0 Å². The lowest BCUT2D eigenvalue weighted by atomic mass is 10.0. The minimum absolute atomic E-state index is 0.00414. The lowest BCUT2D eigenvalue weighted by molar-refractivity contribution is -0.274. The van der Waals surface area contributed by atoms with Gasteiger partial charge in [-0.3, -0.25) is 24.6 Å². The van der Waals surface area contributed by atoms with Gasteiger partial charge in [0.15, 0.2) is 11.7 Å². The van der Waals surface area contributed by atoms with Crippen LogP contribution in [0.4, 0.5) is 17.6 Å². The molecule has 0 aromatic heterocycles. The molecule has 1 aromatic carbocycles. The first-order valence-corrected chi connectivity index (χ1v) is 12.7. The fourth-order valence-corrected chi connectivity index (χ4v) is 4.23. The largest absolute Gasteiger partial charge is 0.573 e. The van der Waals surface area contributed by atoms with Crippen LogP contribution in [-0.2, 0) is 14.4 Å². The van der Waals surface area contributed by atoms with E-state index in [1.165, 1.54) is 4.90 Å². The molecule has 6 N–H and O–H groups in total. The molecule has 0 aliphatic carbocycles. The van der Waals surface area contributed by atoms with Crippen molar-refractivity contribution in [1.82, 2.24) is 20.9 Å². The highest BCUT2D eigenvalue weighted by molar-refractivity contribution is 5.99. The van der Waals surface area contributed by atoms with E-state index in [-0.39, 0.29) is 31.0 Å². The smallest absolute Gasteiger partial charge is 0.406 e. The summed E-state index contributed by atoms with van der Waals surface area (Å²) >= 11 is 0. The number of carbonyl (C=O) groups is 4. The Morgan fingerprint density at radius 1 is 1.15 bits per heavy atom. The molecule has 3 amide bonds. The summed E-state index contributed by atoms with van der Waals surface area (Å²) in [6.07, 6.45) is -3.71. The molecule has 1 saturated heterocycles. The van der Waals surface area contributed by atoms with Crippen molar-refractivity contribution in [2.45, 2.75) is 64.0 Å². The van der Waals surface area contributed by atoms with Gasteiger partial charge in [-0.15, -0.1) is 13.2 Å². The fraction of sp³-hybridized carbons (Fsp3) is 0.560. The highest BCUT2D eigenvalue weighted by Crippen LogP contribution is 2.24. The van der Waals surface area contributed by atoms with E-state index in [1.54, 1.807) is 13.8 Å². The van der Waals surface area contributed by atoms with Gasteiger partial charge in [0.1, 0.15) is 24.5 Å². The number of benzene rings is 1. The molecule has 11 nitrogen and oxygen atoms in total. The molecular formula is C25H34F4N6O5. The number of hydrogen-bond acceptors (Lipinski definition) is 6. The number of ketones is 1. The SMILES string of the molecule is CC(C)[C@H](NC(=O)c1ccc(OC(F)(F)F)cc1)C(=O)N1CCC[C@H]1C(=O)N[C@@H](CCCNC(=N)N)C(=O)CF. The number of carbonyl (C=O) groups excluding carboxylic acids is 4. The summed E-state index contributed by atoms with van der Waals surface area (Å²) in [7, 11) is 0. The van der Waals surface area contributed by atoms with Crippen molar-refractivity contribution in [3.05, 3.63) is 29.8 Å². The Kier molecular flexibility index (Phi) is 11.7. The van der Waals surface area contributed by atoms with Crippen molar-refractivity contribution in [3.63, 3.8) is 0 Å². The first-order chi connectivity index (χ1) is 18.7. The van der Waals surface area contributed by atoms with E-state index in [1.807, 2.05) is 0 Å². The second-order valence-corrected chi connectivity index (χ2v) is 9.60. The average Bonchev–Trinajstić information content (AvgIpc) is 3.37. The van der Waals surface area contributed by atoms with Crippen LogP contribution < -0.4 is 26.4 Å². The molecule has 2 rings (SSSR count). The zero-order valence-corrected chi connectivity index (χ0v) is 22.1. The number of nitrogens with zero attached hydrogens (tertiary/aromatic N) is 1. The lowest BCUT2D eigenvalue weighted by Crippen LogP contribution is -2.56. The second kappa shape index (κ2) is 14.5. The summed E-state index contributed by atoms with van der Waals surface area (Å²) in [6.45, 7) is 2.52. The first kappa shape index (κ1) is 32.3. The quantitative estimate of drug-likeness (QED) is 0.103. The van der Waals surface area contributed by atoms with Gasteiger partial charge in [-0.25, -0.2) is 4.39 Å². The predicted octanol–water partition coefficient (Wildman–Crippen LogP) is 1.62. The average molecular weight is 575 g/mol. The molecule has 1 aliphatic rings. The third-order valence-corrected chi connectivity index (χ3v) is 6.23. The van der Waals surface area contributed by atoms with Crippen LogP contribution in [-0.4, -0.2) is 78.6 Å². The van der Waals surface area contributed by atoms with Gasteiger partial charge in [0.05, 0.1) is 6.04 Å². The van der Waals surface area contributed by atoms with E-state index in [4.69, 9.17) is 11.1 Å². The highest BCUT2D eigenvalue weighted by atomic mass is 19.4. The summed E-state index contributed by atoms with van der Waals surface area (Å²) in [5, 5.41) is 14.8. The van der Waals surface area contributed by atoms with Crippen molar-refractivity contribution in [1.29, 1.82) is 5.41 Å². The van der Waals surface area contributed by atoms with Gasteiger partial charge in [-0.05, 0) is 55.9 Å². The van der Waals surface area contributed by atoms with E-state index in [9.17, 15) is 36.7 Å². The molecule has 1 heterocycles. The number of nitrogens with one attached hydrogen (secondary N) is 4. The number of rotatable bonds is 13. The van der Waals surface area contributed by atoms with Crippen LogP contribution in [0.25, 0.3) is 0 Å². The number of guanidine groups is 1. The van der Waals surface area contributed by atoms with Gasteiger partial charge < -0.3 is 31.3 Å². The molecule has 0 bridgehead atoms. The first-order valence-electron chi connectivity index (χ1n) is 12.7. The van der Waals surface area contributed by atoms with Crippen molar-refractivity contribution in [3.8, 4) is 5.75 Å². The molecule has 1 aliphatic heterocycles. The van der Waals surface area contributed by atoms with Gasteiger partial charge in [-0.1, -0.05) is 13.8 Å². The van der Waals surface area contributed by atoms with E-state index >= 15 is 0 Å². The number of hydrogen-bond donors (Lipinski definition) is 5. The summed E-state index contributed by atoms with van der Waals surface area (Å²) < 4.78 is 54.1. The predicted molar refractivity (Wildman–Crippen MR) is 136 cm³/mol. The standard InChI is InChI=1S/C25H34F4N6O5/c1-14(2)20(34-21(37)15-7-9-16(10-8-15)40-25(27,28)29)23(39)35-12-4-6-18(35)22(38)33-17(19(36)13-26)5-3-11-32-24(30)31/h7-10,14,17-18,20H,3-6,11-13H2,1-2H3,(H,33,38)(H,34,37)(H4,30,31,32)/t17-,18-,20-/m0/s1. The number of nitrogens with two attached hydrogens (primary N) is 1. The van der Waals surface area contributed by atoms with Crippen LogP contribution in [0.15, 0.2) is 24.3 Å². The molecule has 1 fully saturated rings. The van der Waals surface area contributed by atoms with E-state index < -0.39 is 66.3 Å². The van der Waals surface area contributed by atoms with Gasteiger partial charge >= 0.3 is 6.36 Å². The van der Waals surface area contributed by atoms with Crippen LogP contribution in [0.5, 0.6) is 5.75 Å². The number of likely N-dealkylation sites (tertiary alicyclic amines) is 1. The van der Waals surface area contributed by atoms with Crippen LogP contribution in [0, 0.1) is 11.3 Å². The molecule has 0 radical (unpaired) electrons. The number of ether oxygens (including phenoxy) is 1. The Hall–Kier alpha value is -3.91. The highest BCUT2D eigenvalue weighted by Gasteiger charge is 2.39. The van der Waals surface area contributed by atoms with Crippen LogP contribution in [0.1, 0.15) is 49.9 Å². The summed E-state index contributed by atoms with van der Waals surface area (Å²) in [6, 6.07) is 1.05. The zero-order valence-electron chi connectivity index (χ0n) is 22.1. The summed E-state index contributed by atoms with van der Waals surface area (Å²) in [5.41, 5.74) is 5.20. The second-order valence-electron chi connectivity index (χ2n) is 9.60. The summed E-state index contributed by atoms with van der Waals surface area (Å²) in [4.78, 5) is 52.7. The molecule has 0 saturated carbocycles. The molecule has 0 spiro atoms. The molecular weight excluding hydrogens is 540 g/mol. The van der Waals surface area contributed by atoms with Crippen molar-refractivity contribution < 1.29 is 41.5 Å². The van der Waals surface area contributed by atoms with Crippen molar-refractivity contribution in [2.75, 3.05) is 19.8 Å². The van der Waals surface area contributed by atoms with Crippen LogP contribution >= 0.6 is 0 Å². The van der Waals surface area contributed by atoms with Gasteiger partial charge in [0.25, 0.3) is 5.91 Å². The Balaban J connectivity index is 2.08. The Bertz CT molecular complexity index is 1070. The maximum Gasteiger partial charge on any atom is 0.573 e. The minimum atomic E-state index is -4.89. The number of amides is 3. The van der Waals surface area contributed by atoms with E-state index in [0.717, 1.165) is 24.3 Å². The Morgan fingerprint density at radius 3 is 2.35 bits per heavy atom. The topological polar surface area (TPSA) is 167 Å². The summed E-state index contributed by atoms with van der Waals surface area (Å²) in [5.74, 6) is -3.90. The third kappa shape index (κ3) is 9.68. The van der Waals surface area contributed by atoms with Gasteiger partial charge in [0, 0.05) is 18.7 Å². The monoisotopic (exact) mass is 574 g/mol. The maximum atomic E-state index is 13.4. The van der Waals surface area contributed by atoms with E-state index in [0.29, 0.717) is 19.3 Å². The molecule has 0 unspecified atom stereocenters. The zero-order chi connectivity index (χ0) is 30.0. The lowest BCUT2D eigenvalue weighted by Gasteiger charge is -2.31. The van der Waals surface area contributed by atoms with Gasteiger partial charge in [-0.2, -0.15) is 0 Å². The molecule has 1 aromatic rings. The number of Topliss-reactive ketones (excluding diaryl/α,β-unsaturated/α-hetero) is 1. The van der Waals surface area contributed by atoms with Gasteiger partial charge in [0.2, 0.25) is 11.8 Å². The number of alkyl halides is 4. The van der Waals surface area contributed by atoms with Crippen molar-refractivity contribution in [2.24, 2.45) is 11.7 Å². The van der Waals surface area contributed by atoms with E-state index in [2.05, 4.69) is 20.7 Å². The molecule has 40 heavy (non-hydrogen) atoms. The molecule has 15 heteroatoms. The molecule has 222 valence electrons. The third-order valence-electron chi connectivity index (χ3n) is 6.23.